The summed E-state index contributed by atoms with van der Waals surface area (Å²) in [6.07, 6.45) is 3.31. The normalized spacial score (nSPS) is 11.2. The molecule has 0 aliphatic carbocycles. The van der Waals surface area contributed by atoms with E-state index >= 15 is 0 Å². The van der Waals surface area contributed by atoms with Crippen LogP contribution in [-0.4, -0.2) is 7.11 Å². The molecule has 2 heterocycles. The van der Waals surface area contributed by atoms with E-state index in [2.05, 4.69) is 121 Å². The smallest absolute Gasteiger partial charge is 0.146 e. The van der Waals surface area contributed by atoms with E-state index in [0.717, 1.165) is 62.5 Å². The van der Waals surface area contributed by atoms with Crippen molar-refractivity contribution in [2.24, 2.45) is 0 Å². The van der Waals surface area contributed by atoms with Crippen LogP contribution in [0, 0.1) is 0 Å². The number of hydrogen-bond donors (Lipinski definition) is 0. The van der Waals surface area contributed by atoms with Crippen LogP contribution in [-0.2, 0) is 18.6 Å². The third kappa shape index (κ3) is 7.75. The summed E-state index contributed by atoms with van der Waals surface area (Å²) in [6.45, 7) is 3.00. The number of methoxy groups -OCH3 is 1. The van der Waals surface area contributed by atoms with Gasteiger partial charge in [-0.3, -0.25) is 0 Å². The summed E-state index contributed by atoms with van der Waals surface area (Å²) in [5.74, 6) is 3.91. The first kappa shape index (κ1) is 35.1. The Morgan fingerprint density at radius 1 is 0.436 bits per heavy atom. The summed E-state index contributed by atoms with van der Waals surface area (Å²) in [5, 5.41) is 0. The number of hydrogen-bond acceptors (Lipinski definition) is 6. The highest BCUT2D eigenvalue weighted by molar-refractivity contribution is 5.79. The van der Waals surface area contributed by atoms with Gasteiger partial charge >= 0.3 is 0 Å². The summed E-state index contributed by atoms with van der Waals surface area (Å²) in [5.41, 5.74) is 8.33. The number of rotatable bonds is 14. The Hall–Kier alpha value is -6.92. The van der Waals surface area contributed by atoms with Gasteiger partial charge in [-0.15, -0.1) is 0 Å². The van der Waals surface area contributed by atoms with Crippen LogP contribution < -0.4 is 19.1 Å². The second-order valence-electron chi connectivity index (χ2n) is 13.4. The highest BCUT2D eigenvalue weighted by Gasteiger charge is 2.32. The van der Waals surface area contributed by atoms with Crippen LogP contribution in [0.15, 0.2) is 197 Å². The molecule has 6 nitrogen and oxygen atoms in total. The topological polar surface area (TPSA) is 57.2 Å². The molecule has 0 aliphatic heterocycles. The van der Waals surface area contributed by atoms with Crippen molar-refractivity contribution in [3.05, 3.63) is 217 Å². The zero-order valence-electron chi connectivity index (χ0n) is 30.8. The lowest BCUT2D eigenvalue weighted by Crippen LogP contribution is -2.25. The summed E-state index contributed by atoms with van der Waals surface area (Å²) in [4.78, 5) is 2.27. The van der Waals surface area contributed by atoms with E-state index in [1.807, 2.05) is 66.7 Å². The predicted molar refractivity (Wildman–Crippen MR) is 218 cm³/mol. The van der Waals surface area contributed by atoms with Gasteiger partial charge in [-0.25, -0.2) is 0 Å². The fourth-order valence-electron chi connectivity index (χ4n) is 6.92. The lowest BCUT2D eigenvalue weighted by atomic mass is 9.71. The molecule has 0 spiro atoms. The molecule has 0 N–H and O–H groups in total. The van der Waals surface area contributed by atoms with Gasteiger partial charge in [0.1, 0.15) is 42.0 Å². The van der Waals surface area contributed by atoms with Gasteiger partial charge in [-0.2, -0.15) is 0 Å². The molecule has 0 unspecified atom stereocenters. The third-order valence-corrected chi connectivity index (χ3v) is 10.1. The van der Waals surface area contributed by atoms with Crippen molar-refractivity contribution in [2.75, 3.05) is 12.0 Å². The average Bonchev–Trinajstić information content (AvgIpc) is 3.99. The van der Waals surface area contributed by atoms with Crippen LogP contribution >= 0.6 is 0 Å². The van der Waals surface area contributed by atoms with Crippen molar-refractivity contribution in [1.29, 1.82) is 0 Å². The molecule has 272 valence electrons. The number of ether oxygens (including phenoxy) is 3. The molecule has 0 fully saturated rings. The molecular weight excluding hydrogens is 683 g/mol. The lowest BCUT2D eigenvalue weighted by molar-refractivity contribution is 0.270. The molecule has 55 heavy (non-hydrogen) atoms. The van der Waals surface area contributed by atoms with Crippen LogP contribution in [0.25, 0.3) is 11.1 Å². The standard InChI is InChI=1S/C49H41NO5/c1-49(39-16-26-45(27-17-39)54-34-47-10-6-32-52-47,40-18-28-46(29-19-40)55-35-48-11-7-33-53-48)38-14-22-42(23-15-38)50(43-24-30-44(51-2)31-25-43)41-20-12-37(13-21-41)36-8-4-3-5-9-36/h3-33H,34-35H2,1-2H3. The lowest BCUT2D eigenvalue weighted by Gasteiger charge is -2.33. The molecule has 0 saturated heterocycles. The number of anilines is 3. The van der Waals surface area contributed by atoms with Gasteiger partial charge in [0.05, 0.1) is 19.6 Å². The Labute approximate surface area is 321 Å². The molecular formula is C49H41NO5. The summed E-state index contributed by atoms with van der Waals surface area (Å²) in [6, 6.07) is 60.4. The fraction of sp³-hybridized carbons (Fsp3) is 0.102. The van der Waals surface area contributed by atoms with Crippen molar-refractivity contribution in [2.45, 2.75) is 25.6 Å². The predicted octanol–water partition coefficient (Wildman–Crippen LogP) is 12.5. The molecule has 8 rings (SSSR count). The first-order chi connectivity index (χ1) is 27.1. The minimum Gasteiger partial charge on any atom is -0.497 e. The quantitative estimate of drug-likeness (QED) is 0.104. The molecule has 0 amide bonds. The molecule has 6 heteroatoms. The Morgan fingerprint density at radius 2 is 0.836 bits per heavy atom. The van der Waals surface area contributed by atoms with Gasteiger partial charge in [0, 0.05) is 22.5 Å². The Balaban J connectivity index is 1.14. The van der Waals surface area contributed by atoms with E-state index in [9.17, 15) is 0 Å². The Bertz CT molecular complexity index is 2290. The van der Waals surface area contributed by atoms with E-state index in [1.165, 1.54) is 11.1 Å². The zero-order valence-corrected chi connectivity index (χ0v) is 30.8. The molecule has 0 aliphatic rings. The van der Waals surface area contributed by atoms with Gasteiger partial charge in [-0.05, 0) is 132 Å². The monoisotopic (exact) mass is 723 g/mol. The average molecular weight is 724 g/mol. The van der Waals surface area contributed by atoms with Crippen molar-refractivity contribution in [1.82, 2.24) is 0 Å². The third-order valence-electron chi connectivity index (χ3n) is 10.1. The van der Waals surface area contributed by atoms with Gasteiger partial charge < -0.3 is 27.9 Å². The van der Waals surface area contributed by atoms with Gasteiger partial charge in [0.25, 0.3) is 0 Å². The number of furan rings is 2. The Morgan fingerprint density at radius 3 is 1.27 bits per heavy atom. The van der Waals surface area contributed by atoms with Crippen molar-refractivity contribution in [3.8, 4) is 28.4 Å². The molecule has 8 aromatic rings. The van der Waals surface area contributed by atoms with Crippen molar-refractivity contribution >= 4 is 17.1 Å². The highest BCUT2D eigenvalue weighted by Crippen LogP contribution is 2.42. The van der Waals surface area contributed by atoms with Crippen molar-refractivity contribution in [3.63, 3.8) is 0 Å². The number of nitrogens with zero attached hydrogens (tertiary/aromatic N) is 1. The van der Waals surface area contributed by atoms with Crippen LogP contribution in [0.4, 0.5) is 17.1 Å². The second kappa shape index (κ2) is 16.0. The summed E-state index contributed by atoms with van der Waals surface area (Å²) >= 11 is 0. The van der Waals surface area contributed by atoms with E-state index in [-0.39, 0.29) is 0 Å². The SMILES string of the molecule is COc1ccc(N(c2ccc(-c3ccccc3)cc2)c2ccc(C(C)(c3ccc(OCc4ccco4)cc3)c3ccc(OCc4ccco4)cc3)cc2)cc1. The molecule has 2 aromatic heterocycles. The van der Waals surface area contributed by atoms with Crippen LogP contribution in [0.1, 0.15) is 35.1 Å². The number of benzene rings is 6. The van der Waals surface area contributed by atoms with E-state index < -0.39 is 5.41 Å². The van der Waals surface area contributed by atoms with Crippen molar-refractivity contribution < 1.29 is 23.0 Å². The maximum atomic E-state index is 6.04. The highest BCUT2D eigenvalue weighted by atomic mass is 16.5. The summed E-state index contributed by atoms with van der Waals surface area (Å²) in [7, 11) is 1.69. The second-order valence-corrected chi connectivity index (χ2v) is 13.4. The molecule has 0 radical (unpaired) electrons. The van der Waals surface area contributed by atoms with E-state index in [0.29, 0.717) is 13.2 Å². The Kier molecular flexibility index (Phi) is 10.2. The van der Waals surface area contributed by atoms with Crippen LogP contribution in [0.5, 0.6) is 17.2 Å². The maximum Gasteiger partial charge on any atom is 0.146 e. The van der Waals surface area contributed by atoms with E-state index in [1.54, 1.807) is 19.6 Å². The molecule has 0 bridgehead atoms. The zero-order chi connectivity index (χ0) is 37.5. The van der Waals surface area contributed by atoms with Crippen LogP contribution in [0.3, 0.4) is 0 Å². The summed E-state index contributed by atoms with van der Waals surface area (Å²) < 4.78 is 28.5. The largest absolute Gasteiger partial charge is 0.497 e. The minimum atomic E-state index is -0.514. The first-order valence-corrected chi connectivity index (χ1v) is 18.3. The van der Waals surface area contributed by atoms with Gasteiger partial charge in [0.15, 0.2) is 0 Å². The van der Waals surface area contributed by atoms with Gasteiger partial charge in [0.2, 0.25) is 0 Å². The first-order valence-electron chi connectivity index (χ1n) is 18.3. The minimum absolute atomic E-state index is 0.365. The van der Waals surface area contributed by atoms with Gasteiger partial charge in [-0.1, -0.05) is 78.9 Å². The molecule has 6 aromatic carbocycles. The van der Waals surface area contributed by atoms with Crippen LogP contribution in [0.2, 0.25) is 0 Å². The molecule has 0 atom stereocenters. The molecule has 0 saturated carbocycles. The maximum absolute atomic E-state index is 6.04. The van der Waals surface area contributed by atoms with E-state index in [4.69, 9.17) is 23.0 Å². The fourth-order valence-corrected chi connectivity index (χ4v) is 6.92.